The van der Waals surface area contributed by atoms with E-state index < -0.39 is 5.82 Å². The average molecular weight is 283 g/mol. The number of halogens is 1. The molecule has 2 aromatic rings. The standard InChI is InChI=1S/C12H14FN3O2S/c1-2-3-16-11(18)14-15-12(16)19-10-5-8(7-17)4-9(13)6-10/h4-6,17H,2-3,7H2,1H3,(H,14,18). The van der Waals surface area contributed by atoms with Crippen molar-refractivity contribution < 1.29 is 9.50 Å². The highest BCUT2D eigenvalue weighted by Gasteiger charge is 2.10. The molecule has 0 fully saturated rings. The lowest BCUT2D eigenvalue weighted by molar-refractivity contribution is 0.281. The smallest absolute Gasteiger partial charge is 0.343 e. The minimum atomic E-state index is -0.422. The van der Waals surface area contributed by atoms with Gasteiger partial charge >= 0.3 is 5.69 Å². The Hall–Kier alpha value is -1.60. The fourth-order valence-electron chi connectivity index (χ4n) is 1.68. The van der Waals surface area contributed by atoms with Crippen molar-refractivity contribution in [2.24, 2.45) is 0 Å². The van der Waals surface area contributed by atoms with E-state index in [1.165, 1.54) is 28.5 Å². The van der Waals surface area contributed by atoms with Crippen molar-refractivity contribution in [2.45, 2.75) is 36.5 Å². The molecule has 0 aliphatic heterocycles. The molecule has 102 valence electrons. The molecular weight excluding hydrogens is 269 g/mol. The Morgan fingerprint density at radius 1 is 1.47 bits per heavy atom. The number of aromatic nitrogens is 3. The summed E-state index contributed by atoms with van der Waals surface area (Å²) in [4.78, 5) is 12.1. The Balaban J connectivity index is 2.30. The molecule has 0 saturated heterocycles. The summed E-state index contributed by atoms with van der Waals surface area (Å²) in [5.41, 5.74) is 0.213. The molecule has 0 amide bonds. The van der Waals surface area contributed by atoms with E-state index in [2.05, 4.69) is 10.2 Å². The van der Waals surface area contributed by atoms with Crippen LogP contribution in [0.15, 0.2) is 33.0 Å². The molecule has 5 nitrogen and oxygen atoms in total. The number of H-pyrrole nitrogens is 1. The lowest BCUT2D eigenvalue weighted by Crippen LogP contribution is -2.17. The number of nitrogens with zero attached hydrogens (tertiary/aromatic N) is 2. The van der Waals surface area contributed by atoms with Crippen molar-refractivity contribution in [1.82, 2.24) is 14.8 Å². The first-order valence-electron chi connectivity index (χ1n) is 5.87. The second-order valence-electron chi connectivity index (χ2n) is 4.02. The van der Waals surface area contributed by atoms with Crippen LogP contribution in [0, 0.1) is 5.82 Å². The van der Waals surface area contributed by atoms with Crippen molar-refractivity contribution in [2.75, 3.05) is 0 Å². The van der Waals surface area contributed by atoms with E-state index in [-0.39, 0.29) is 12.3 Å². The number of rotatable bonds is 5. The second-order valence-corrected chi connectivity index (χ2v) is 5.06. The summed E-state index contributed by atoms with van der Waals surface area (Å²) in [6.45, 7) is 2.29. The zero-order valence-corrected chi connectivity index (χ0v) is 11.2. The Morgan fingerprint density at radius 2 is 2.26 bits per heavy atom. The first-order valence-corrected chi connectivity index (χ1v) is 6.69. The highest BCUT2D eigenvalue weighted by atomic mass is 32.2. The van der Waals surface area contributed by atoms with Gasteiger partial charge in [0, 0.05) is 11.4 Å². The Bertz CT molecular complexity index is 624. The maximum Gasteiger partial charge on any atom is 0.343 e. The Kier molecular flexibility index (Phi) is 4.39. The maximum absolute atomic E-state index is 13.4. The number of aromatic amines is 1. The topological polar surface area (TPSA) is 70.9 Å². The zero-order valence-electron chi connectivity index (χ0n) is 10.4. The normalized spacial score (nSPS) is 10.9. The molecule has 0 aliphatic rings. The van der Waals surface area contributed by atoms with E-state index in [4.69, 9.17) is 5.11 Å². The Morgan fingerprint density at radius 3 is 2.95 bits per heavy atom. The van der Waals surface area contributed by atoms with Crippen molar-refractivity contribution in [1.29, 1.82) is 0 Å². The molecule has 1 aromatic carbocycles. The van der Waals surface area contributed by atoms with Crippen molar-refractivity contribution in [3.63, 3.8) is 0 Å². The van der Waals surface area contributed by atoms with Crippen molar-refractivity contribution >= 4 is 11.8 Å². The molecule has 2 rings (SSSR count). The summed E-state index contributed by atoms with van der Waals surface area (Å²) in [6.07, 6.45) is 0.804. The summed E-state index contributed by atoms with van der Waals surface area (Å²) >= 11 is 1.19. The van der Waals surface area contributed by atoms with Crippen molar-refractivity contribution in [3.8, 4) is 0 Å². The first kappa shape index (κ1) is 13.8. The van der Waals surface area contributed by atoms with Crippen LogP contribution in [0.3, 0.4) is 0 Å². The summed E-state index contributed by atoms with van der Waals surface area (Å²) in [5.74, 6) is -0.422. The Labute approximate surface area is 113 Å². The molecule has 0 atom stereocenters. The summed E-state index contributed by atoms with van der Waals surface area (Å²) < 4.78 is 14.9. The van der Waals surface area contributed by atoms with E-state index in [1.54, 1.807) is 6.07 Å². The summed E-state index contributed by atoms with van der Waals surface area (Å²) in [6, 6.07) is 4.29. The van der Waals surface area contributed by atoms with Crippen LogP contribution in [0.5, 0.6) is 0 Å². The quantitative estimate of drug-likeness (QED) is 0.877. The van der Waals surface area contributed by atoms with Gasteiger partial charge in [-0.3, -0.25) is 4.57 Å². The SMILES string of the molecule is CCCn1c(Sc2cc(F)cc(CO)c2)n[nH]c1=O. The van der Waals surface area contributed by atoms with E-state index in [0.717, 1.165) is 6.42 Å². The molecule has 19 heavy (non-hydrogen) atoms. The van der Waals surface area contributed by atoms with Crippen LogP contribution in [0.2, 0.25) is 0 Å². The van der Waals surface area contributed by atoms with Crippen LogP contribution in [0.4, 0.5) is 4.39 Å². The molecule has 0 saturated carbocycles. The molecule has 1 heterocycles. The third-order valence-corrected chi connectivity index (χ3v) is 3.46. The number of hydrogen-bond donors (Lipinski definition) is 2. The molecular formula is C12H14FN3O2S. The van der Waals surface area contributed by atoms with Gasteiger partial charge in [0.05, 0.1) is 6.61 Å². The van der Waals surface area contributed by atoms with Gasteiger partial charge in [-0.15, -0.1) is 5.10 Å². The van der Waals surface area contributed by atoms with Gasteiger partial charge in [-0.25, -0.2) is 14.3 Å². The summed E-state index contributed by atoms with van der Waals surface area (Å²) in [7, 11) is 0. The minimum absolute atomic E-state index is 0.229. The molecule has 0 bridgehead atoms. The van der Waals surface area contributed by atoms with Gasteiger partial charge in [0.25, 0.3) is 0 Å². The molecule has 0 spiro atoms. The van der Waals surface area contributed by atoms with Gasteiger partial charge in [0.1, 0.15) is 5.82 Å². The third kappa shape index (κ3) is 3.24. The fourth-order valence-corrected chi connectivity index (χ4v) is 2.65. The predicted octanol–water partition coefficient (Wildman–Crippen LogP) is 1.76. The molecule has 0 radical (unpaired) electrons. The monoisotopic (exact) mass is 283 g/mol. The number of hydrogen-bond acceptors (Lipinski definition) is 4. The van der Waals surface area contributed by atoms with Gasteiger partial charge in [0.15, 0.2) is 5.16 Å². The van der Waals surface area contributed by atoms with Crippen LogP contribution < -0.4 is 5.69 Å². The number of aliphatic hydroxyl groups is 1. The van der Waals surface area contributed by atoms with E-state index in [1.807, 2.05) is 6.92 Å². The number of benzene rings is 1. The molecule has 0 aliphatic carbocycles. The van der Waals surface area contributed by atoms with Crippen LogP contribution in [-0.2, 0) is 13.2 Å². The van der Waals surface area contributed by atoms with Crippen LogP contribution in [0.25, 0.3) is 0 Å². The van der Waals surface area contributed by atoms with Gasteiger partial charge in [-0.2, -0.15) is 0 Å². The number of aliphatic hydroxyl groups excluding tert-OH is 1. The number of nitrogens with one attached hydrogen (secondary N) is 1. The largest absolute Gasteiger partial charge is 0.392 e. The van der Waals surface area contributed by atoms with Crippen LogP contribution in [-0.4, -0.2) is 19.9 Å². The summed E-state index contributed by atoms with van der Waals surface area (Å²) in [5, 5.41) is 15.8. The second kappa shape index (κ2) is 6.03. The lowest BCUT2D eigenvalue weighted by atomic mass is 10.2. The van der Waals surface area contributed by atoms with E-state index in [0.29, 0.717) is 22.2 Å². The molecule has 2 N–H and O–H groups in total. The highest BCUT2D eigenvalue weighted by Crippen LogP contribution is 2.27. The van der Waals surface area contributed by atoms with Crippen LogP contribution >= 0.6 is 11.8 Å². The van der Waals surface area contributed by atoms with Gasteiger partial charge < -0.3 is 5.11 Å². The molecule has 0 unspecified atom stereocenters. The fraction of sp³-hybridized carbons (Fsp3) is 0.333. The third-order valence-electron chi connectivity index (χ3n) is 2.49. The minimum Gasteiger partial charge on any atom is -0.392 e. The lowest BCUT2D eigenvalue weighted by Gasteiger charge is -2.05. The predicted molar refractivity (Wildman–Crippen MR) is 69.6 cm³/mol. The van der Waals surface area contributed by atoms with Gasteiger partial charge in [0.2, 0.25) is 0 Å². The van der Waals surface area contributed by atoms with E-state index in [9.17, 15) is 9.18 Å². The van der Waals surface area contributed by atoms with Crippen LogP contribution in [0.1, 0.15) is 18.9 Å². The highest BCUT2D eigenvalue weighted by molar-refractivity contribution is 7.99. The molecule has 1 aromatic heterocycles. The van der Waals surface area contributed by atoms with E-state index >= 15 is 0 Å². The van der Waals surface area contributed by atoms with Gasteiger partial charge in [-0.05, 0) is 41.9 Å². The average Bonchev–Trinajstić information content (AvgIpc) is 2.71. The maximum atomic E-state index is 13.4. The van der Waals surface area contributed by atoms with Crippen molar-refractivity contribution in [3.05, 3.63) is 40.1 Å². The first-order chi connectivity index (χ1) is 9.13. The molecule has 7 heteroatoms. The zero-order chi connectivity index (χ0) is 13.8. The van der Waals surface area contributed by atoms with Gasteiger partial charge in [-0.1, -0.05) is 6.92 Å².